The van der Waals surface area contributed by atoms with E-state index in [1.807, 2.05) is 13.9 Å². The number of ether oxygens (including phenoxy) is 1. The van der Waals surface area contributed by atoms with Gasteiger partial charge in [-0.05, 0) is 12.1 Å². The highest BCUT2D eigenvalue weighted by Gasteiger charge is 2.06. The standard InChI is InChI=1S/C12H11BN2O2/c13-10-6-14-11(15-7-10)8-17-12(16)9-4-2-1-3-5-9/h1-7H,8,13H2. The molecular weight excluding hydrogens is 215 g/mol. The summed E-state index contributed by atoms with van der Waals surface area (Å²) in [7, 11) is 1.90. The molecule has 5 heteroatoms. The maximum atomic E-state index is 11.6. The van der Waals surface area contributed by atoms with Crippen molar-refractivity contribution in [1.29, 1.82) is 0 Å². The van der Waals surface area contributed by atoms with Gasteiger partial charge in [-0.25, -0.2) is 14.8 Å². The molecule has 0 bridgehead atoms. The van der Waals surface area contributed by atoms with E-state index in [2.05, 4.69) is 9.97 Å². The van der Waals surface area contributed by atoms with E-state index in [0.29, 0.717) is 11.4 Å². The van der Waals surface area contributed by atoms with E-state index in [4.69, 9.17) is 4.74 Å². The number of carbonyl (C=O) groups is 1. The third kappa shape index (κ3) is 3.14. The summed E-state index contributed by atoms with van der Waals surface area (Å²) < 4.78 is 5.09. The Hall–Kier alpha value is -2.17. The molecule has 17 heavy (non-hydrogen) atoms. The fourth-order valence-corrected chi connectivity index (χ4v) is 1.28. The molecule has 0 atom stereocenters. The normalized spacial score (nSPS) is 9.88. The lowest BCUT2D eigenvalue weighted by atomic mass is 10.0. The van der Waals surface area contributed by atoms with E-state index in [1.165, 1.54) is 0 Å². The van der Waals surface area contributed by atoms with E-state index in [9.17, 15) is 4.79 Å². The molecule has 0 spiro atoms. The minimum Gasteiger partial charge on any atom is -0.454 e. The van der Waals surface area contributed by atoms with Gasteiger partial charge in [0, 0.05) is 12.4 Å². The van der Waals surface area contributed by atoms with Crippen molar-refractivity contribution in [3.05, 3.63) is 54.1 Å². The van der Waals surface area contributed by atoms with Gasteiger partial charge in [0.25, 0.3) is 0 Å². The van der Waals surface area contributed by atoms with Crippen LogP contribution in [0.2, 0.25) is 0 Å². The topological polar surface area (TPSA) is 52.1 Å². The van der Waals surface area contributed by atoms with E-state index < -0.39 is 0 Å². The first-order valence-electron chi connectivity index (χ1n) is 5.25. The first-order chi connectivity index (χ1) is 8.25. The maximum absolute atomic E-state index is 11.6. The highest BCUT2D eigenvalue weighted by Crippen LogP contribution is 2.02. The molecule has 0 aliphatic rings. The van der Waals surface area contributed by atoms with Crippen LogP contribution in [-0.2, 0) is 11.3 Å². The molecular formula is C12H11BN2O2. The van der Waals surface area contributed by atoms with Crippen molar-refractivity contribution in [2.45, 2.75) is 6.61 Å². The van der Waals surface area contributed by atoms with Crippen molar-refractivity contribution in [1.82, 2.24) is 9.97 Å². The second-order valence-corrected chi connectivity index (χ2v) is 3.62. The van der Waals surface area contributed by atoms with Gasteiger partial charge in [-0.2, -0.15) is 0 Å². The minimum absolute atomic E-state index is 0.0913. The Labute approximate surface area is 100 Å². The van der Waals surface area contributed by atoms with Crippen molar-refractivity contribution in [2.24, 2.45) is 0 Å². The van der Waals surface area contributed by atoms with Gasteiger partial charge in [0.1, 0.15) is 7.85 Å². The molecule has 0 amide bonds. The summed E-state index contributed by atoms with van der Waals surface area (Å²) in [6.45, 7) is 0.0913. The smallest absolute Gasteiger partial charge is 0.338 e. The molecule has 2 aromatic rings. The number of benzene rings is 1. The van der Waals surface area contributed by atoms with Crippen LogP contribution in [-0.4, -0.2) is 23.8 Å². The summed E-state index contributed by atoms with van der Waals surface area (Å²) in [5.74, 6) is 0.134. The highest BCUT2D eigenvalue weighted by molar-refractivity contribution is 6.31. The zero-order chi connectivity index (χ0) is 12.1. The van der Waals surface area contributed by atoms with Gasteiger partial charge in [-0.15, -0.1) is 0 Å². The molecule has 4 nitrogen and oxygen atoms in total. The molecule has 1 aromatic heterocycles. The fraction of sp³-hybridized carbons (Fsp3) is 0.0833. The Morgan fingerprint density at radius 1 is 1.18 bits per heavy atom. The Morgan fingerprint density at radius 3 is 2.47 bits per heavy atom. The quantitative estimate of drug-likeness (QED) is 0.549. The van der Waals surface area contributed by atoms with E-state index in [0.717, 1.165) is 5.46 Å². The predicted octanol–water partition coefficient (Wildman–Crippen LogP) is 0.0920. The minimum atomic E-state index is -0.366. The molecule has 0 aliphatic carbocycles. The molecule has 0 radical (unpaired) electrons. The summed E-state index contributed by atoms with van der Waals surface area (Å²) in [5, 5.41) is 0. The third-order valence-electron chi connectivity index (χ3n) is 2.18. The van der Waals surface area contributed by atoms with Crippen molar-refractivity contribution in [3.63, 3.8) is 0 Å². The second-order valence-electron chi connectivity index (χ2n) is 3.62. The van der Waals surface area contributed by atoms with Crippen LogP contribution in [0.25, 0.3) is 0 Å². The van der Waals surface area contributed by atoms with Crippen LogP contribution < -0.4 is 5.46 Å². The van der Waals surface area contributed by atoms with Crippen LogP contribution in [0, 0.1) is 0 Å². The van der Waals surface area contributed by atoms with Crippen molar-refractivity contribution >= 4 is 19.3 Å². The number of carbonyl (C=O) groups excluding carboxylic acids is 1. The van der Waals surface area contributed by atoms with Crippen LogP contribution in [0.5, 0.6) is 0 Å². The Kier molecular flexibility index (Phi) is 3.50. The van der Waals surface area contributed by atoms with Gasteiger partial charge in [-0.3, -0.25) is 0 Å². The summed E-state index contributed by atoms with van der Waals surface area (Å²) in [4.78, 5) is 19.7. The van der Waals surface area contributed by atoms with Crippen LogP contribution in [0.1, 0.15) is 16.2 Å². The van der Waals surface area contributed by atoms with Gasteiger partial charge in [0.2, 0.25) is 0 Å². The van der Waals surface area contributed by atoms with Crippen molar-refractivity contribution < 1.29 is 9.53 Å². The molecule has 0 N–H and O–H groups in total. The van der Waals surface area contributed by atoms with E-state index in [1.54, 1.807) is 36.7 Å². The van der Waals surface area contributed by atoms with Gasteiger partial charge < -0.3 is 4.74 Å². The van der Waals surface area contributed by atoms with Crippen molar-refractivity contribution in [3.8, 4) is 0 Å². The maximum Gasteiger partial charge on any atom is 0.338 e. The van der Waals surface area contributed by atoms with E-state index >= 15 is 0 Å². The Morgan fingerprint density at radius 2 is 1.82 bits per heavy atom. The summed E-state index contributed by atoms with van der Waals surface area (Å²) in [6.07, 6.45) is 3.39. The Balaban J connectivity index is 1.95. The Bertz CT molecular complexity index is 500. The van der Waals surface area contributed by atoms with Crippen LogP contribution >= 0.6 is 0 Å². The SMILES string of the molecule is Bc1cnc(COC(=O)c2ccccc2)nc1. The first kappa shape index (κ1) is 11.3. The number of hydrogen-bond donors (Lipinski definition) is 0. The number of nitrogens with zero attached hydrogens (tertiary/aromatic N) is 2. The molecule has 84 valence electrons. The molecule has 0 saturated heterocycles. The van der Waals surface area contributed by atoms with Gasteiger partial charge in [0.05, 0.1) is 5.56 Å². The van der Waals surface area contributed by atoms with Crippen molar-refractivity contribution in [2.75, 3.05) is 0 Å². The molecule has 1 heterocycles. The lowest BCUT2D eigenvalue weighted by Gasteiger charge is -2.03. The van der Waals surface area contributed by atoms with Crippen LogP contribution in [0.15, 0.2) is 42.7 Å². The monoisotopic (exact) mass is 226 g/mol. The van der Waals surface area contributed by atoms with E-state index in [-0.39, 0.29) is 12.6 Å². The number of rotatable bonds is 3. The number of hydrogen-bond acceptors (Lipinski definition) is 4. The zero-order valence-electron chi connectivity index (χ0n) is 9.46. The fourth-order valence-electron chi connectivity index (χ4n) is 1.28. The molecule has 0 saturated carbocycles. The molecule has 1 aromatic carbocycles. The second kappa shape index (κ2) is 5.25. The predicted molar refractivity (Wildman–Crippen MR) is 65.8 cm³/mol. The average Bonchev–Trinajstić information content (AvgIpc) is 2.39. The molecule has 0 unspecified atom stereocenters. The number of aromatic nitrogens is 2. The zero-order valence-corrected chi connectivity index (χ0v) is 9.46. The average molecular weight is 226 g/mol. The summed E-state index contributed by atoms with van der Waals surface area (Å²) >= 11 is 0. The molecule has 2 rings (SSSR count). The largest absolute Gasteiger partial charge is 0.454 e. The molecule has 0 fully saturated rings. The van der Waals surface area contributed by atoms with Crippen LogP contribution in [0.4, 0.5) is 0 Å². The van der Waals surface area contributed by atoms with Gasteiger partial charge >= 0.3 is 5.97 Å². The van der Waals surface area contributed by atoms with Gasteiger partial charge in [0.15, 0.2) is 12.4 Å². The lowest BCUT2D eigenvalue weighted by Crippen LogP contribution is -2.10. The summed E-state index contributed by atoms with van der Waals surface area (Å²) in [6, 6.07) is 8.84. The molecule has 0 aliphatic heterocycles. The highest BCUT2D eigenvalue weighted by atomic mass is 16.5. The number of esters is 1. The third-order valence-corrected chi connectivity index (χ3v) is 2.18. The van der Waals surface area contributed by atoms with Crippen LogP contribution in [0.3, 0.4) is 0 Å². The summed E-state index contributed by atoms with van der Waals surface area (Å²) in [5.41, 5.74) is 1.50. The van der Waals surface area contributed by atoms with Gasteiger partial charge in [-0.1, -0.05) is 23.7 Å². The lowest BCUT2D eigenvalue weighted by molar-refractivity contribution is 0.0462. The first-order valence-corrected chi connectivity index (χ1v) is 5.25.